The van der Waals surface area contributed by atoms with E-state index >= 15 is 0 Å². The van der Waals surface area contributed by atoms with E-state index in [0.717, 1.165) is 0 Å². The summed E-state index contributed by atoms with van der Waals surface area (Å²) in [4.78, 5) is 1.67. The minimum atomic E-state index is -3.17. The van der Waals surface area contributed by atoms with Crippen molar-refractivity contribution in [3.8, 4) is 0 Å². The third-order valence-corrected chi connectivity index (χ3v) is 2.38. The van der Waals surface area contributed by atoms with Crippen molar-refractivity contribution in [2.75, 3.05) is 26.7 Å². The zero-order valence-electron chi connectivity index (χ0n) is 7.87. The number of likely N-dealkylation sites (N-methyl/N-ethyl adjacent to an activating group) is 1. The molecule has 0 aliphatic carbocycles. The van der Waals surface area contributed by atoms with Gasteiger partial charge in [-0.2, -0.15) is 0 Å². The molecule has 1 aliphatic rings. The molecule has 0 aromatic heterocycles. The lowest BCUT2D eigenvalue weighted by Crippen LogP contribution is -2.53. The normalized spacial score (nSPS) is 28.1. The number of β-amino-alcohol motifs (C(OH)–C–C–N with tert-alkyl or cyclic N) is 1. The van der Waals surface area contributed by atoms with Gasteiger partial charge in [0.1, 0.15) is 5.60 Å². The number of rotatable bonds is 2. The van der Waals surface area contributed by atoms with Gasteiger partial charge in [-0.3, -0.25) is 0 Å². The van der Waals surface area contributed by atoms with Gasteiger partial charge in [-0.1, -0.05) is 0 Å². The van der Waals surface area contributed by atoms with Crippen molar-refractivity contribution in [1.29, 1.82) is 0 Å². The van der Waals surface area contributed by atoms with Crippen LogP contribution in [-0.4, -0.2) is 48.2 Å². The predicted molar refractivity (Wildman–Crippen MR) is 55.6 cm³/mol. The lowest BCUT2D eigenvalue weighted by molar-refractivity contribution is -0.166. The molecule has 3 nitrogen and oxygen atoms in total. The molecular weight excluding hydrogens is 237 g/mol. The first kappa shape index (κ1) is 16.7. The Kier molecular flexibility index (Phi) is 6.48. The van der Waals surface area contributed by atoms with Gasteiger partial charge in [0.15, 0.2) is 0 Å². The second-order valence-electron chi connectivity index (χ2n) is 3.43. The summed E-state index contributed by atoms with van der Waals surface area (Å²) in [5, 5.41) is 9.52. The van der Waals surface area contributed by atoms with Crippen LogP contribution in [0.25, 0.3) is 0 Å². The number of likely N-dealkylation sites (tertiary alicyclic amines) is 1. The SMILES string of the molecule is CN1CCC(O)(C(F)(F)CN)C1.Cl.Cl. The number of alkyl halides is 2. The second kappa shape index (κ2) is 5.42. The lowest BCUT2D eigenvalue weighted by Gasteiger charge is -2.30. The summed E-state index contributed by atoms with van der Waals surface area (Å²) in [7, 11) is 1.70. The Balaban J connectivity index is 0. The molecule has 1 fully saturated rings. The first-order valence-electron chi connectivity index (χ1n) is 3.90. The molecular formula is C7H16Cl2F2N2O. The van der Waals surface area contributed by atoms with E-state index in [-0.39, 0.29) is 37.8 Å². The summed E-state index contributed by atoms with van der Waals surface area (Å²) in [6.45, 7) is -0.305. The van der Waals surface area contributed by atoms with Crippen LogP contribution in [0.5, 0.6) is 0 Å². The first-order valence-corrected chi connectivity index (χ1v) is 3.90. The van der Waals surface area contributed by atoms with E-state index in [2.05, 4.69) is 0 Å². The van der Waals surface area contributed by atoms with Crippen LogP contribution < -0.4 is 5.73 Å². The molecule has 1 heterocycles. The second-order valence-corrected chi connectivity index (χ2v) is 3.43. The summed E-state index contributed by atoms with van der Waals surface area (Å²) in [5.41, 5.74) is 2.97. The van der Waals surface area contributed by atoms with Crippen LogP contribution in [0.2, 0.25) is 0 Å². The highest BCUT2D eigenvalue weighted by Crippen LogP contribution is 2.35. The monoisotopic (exact) mass is 252 g/mol. The number of aliphatic hydroxyl groups is 1. The van der Waals surface area contributed by atoms with Gasteiger partial charge in [0.05, 0.1) is 6.54 Å². The maximum atomic E-state index is 13.0. The lowest BCUT2D eigenvalue weighted by atomic mass is 9.95. The van der Waals surface area contributed by atoms with Gasteiger partial charge in [0.2, 0.25) is 0 Å². The summed E-state index contributed by atoms with van der Waals surface area (Å²) in [6, 6.07) is 0. The van der Waals surface area contributed by atoms with Crippen LogP contribution in [0.15, 0.2) is 0 Å². The largest absolute Gasteiger partial charge is 0.382 e. The quantitative estimate of drug-likeness (QED) is 0.753. The molecule has 0 radical (unpaired) electrons. The molecule has 7 heteroatoms. The molecule has 0 bridgehead atoms. The average Bonchev–Trinajstić information content (AvgIpc) is 2.33. The third-order valence-electron chi connectivity index (χ3n) is 2.38. The van der Waals surface area contributed by atoms with Crippen LogP contribution in [0, 0.1) is 0 Å². The van der Waals surface area contributed by atoms with E-state index < -0.39 is 18.1 Å². The smallest absolute Gasteiger partial charge is 0.289 e. The van der Waals surface area contributed by atoms with Gasteiger partial charge in [-0.05, 0) is 13.5 Å². The Bertz CT molecular complexity index is 185. The maximum Gasteiger partial charge on any atom is 0.289 e. The topological polar surface area (TPSA) is 49.5 Å². The van der Waals surface area contributed by atoms with Gasteiger partial charge in [-0.15, -0.1) is 24.8 Å². The minimum Gasteiger partial charge on any atom is -0.382 e. The van der Waals surface area contributed by atoms with Gasteiger partial charge < -0.3 is 15.7 Å². The highest BCUT2D eigenvalue weighted by atomic mass is 35.5. The van der Waals surface area contributed by atoms with Crippen molar-refractivity contribution in [3.63, 3.8) is 0 Å². The fourth-order valence-electron chi connectivity index (χ4n) is 1.47. The van der Waals surface area contributed by atoms with Crippen LogP contribution in [-0.2, 0) is 0 Å². The molecule has 14 heavy (non-hydrogen) atoms. The fraction of sp³-hybridized carbons (Fsp3) is 1.00. The number of nitrogens with zero attached hydrogens (tertiary/aromatic N) is 1. The predicted octanol–water partition coefficient (Wildman–Crippen LogP) is 0.491. The Morgan fingerprint density at radius 2 is 2.00 bits per heavy atom. The number of nitrogens with two attached hydrogens (primary N) is 1. The van der Waals surface area contributed by atoms with Gasteiger partial charge in [0.25, 0.3) is 5.92 Å². The van der Waals surface area contributed by atoms with E-state index in [0.29, 0.717) is 6.54 Å². The highest BCUT2D eigenvalue weighted by molar-refractivity contribution is 5.85. The van der Waals surface area contributed by atoms with E-state index in [1.54, 1.807) is 11.9 Å². The minimum absolute atomic E-state index is 0. The Labute approximate surface area is 94.5 Å². The van der Waals surface area contributed by atoms with Gasteiger partial charge >= 0.3 is 0 Å². The zero-order valence-corrected chi connectivity index (χ0v) is 9.51. The molecule has 88 valence electrons. The van der Waals surface area contributed by atoms with Crippen LogP contribution in [0.1, 0.15) is 6.42 Å². The molecule has 1 rings (SSSR count). The van der Waals surface area contributed by atoms with Crippen molar-refractivity contribution in [2.45, 2.75) is 17.9 Å². The molecule has 0 aromatic carbocycles. The maximum absolute atomic E-state index is 13.0. The van der Waals surface area contributed by atoms with Crippen molar-refractivity contribution in [2.24, 2.45) is 5.73 Å². The number of hydrogen-bond donors (Lipinski definition) is 2. The highest BCUT2D eigenvalue weighted by Gasteiger charge is 2.54. The fourth-order valence-corrected chi connectivity index (χ4v) is 1.47. The van der Waals surface area contributed by atoms with Crippen molar-refractivity contribution >= 4 is 24.8 Å². The summed E-state index contributed by atoms with van der Waals surface area (Å²) in [6.07, 6.45) is 0.0910. The van der Waals surface area contributed by atoms with E-state index in [4.69, 9.17) is 5.73 Å². The summed E-state index contributed by atoms with van der Waals surface area (Å²) in [5.74, 6) is -3.17. The molecule has 0 aromatic rings. The van der Waals surface area contributed by atoms with E-state index in [1.165, 1.54) is 0 Å². The van der Waals surface area contributed by atoms with Crippen LogP contribution in [0.3, 0.4) is 0 Å². The molecule has 0 saturated carbocycles. The van der Waals surface area contributed by atoms with Gasteiger partial charge in [-0.25, -0.2) is 8.78 Å². The Morgan fingerprint density at radius 3 is 2.29 bits per heavy atom. The molecule has 0 amide bonds. The summed E-state index contributed by atoms with van der Waals surface area (Å²) >= 11 is 0. The molecule has 0 spiro atoms. The molecule has 1 saturated heterocycles. The number of hydrogen-bond acceptors (Lipinski definition) is 3. The first-order chi connectivity index (χ1) is 5.41. The van der Waals surface area contributed by atoms with E-state index in [9.17, 15) is 13.9 Å². The molecule has 3 N–H and O–H groups in total. The van der Waals surface area contributed by atoms with Gasteiger partial charge in [0, 0.05) is 13.1 Å². The molecule has 1 atom stereocenters. The zero-order chi connectivity index (χ0) is 9.41. The van der Waals surface area contributed by atoms with Crippen molar-refractivity contribution in [3.05, 3.63) is 0 Å². The van der Waals surface area contributed by atoms with Crippen molar-refractivity contribution < 1.29 is 13.9 Å². The Hall–Kier alpha value is 0.320. The average molecular weight is 253 g/mol. The molecule has 1 aliphatic heterocycles. The van der Waals surface area contributed by atoms with Crippen molar-refractivity contribution in [1.82, 2.24) is 4.90 Å². The number of halogens is 4. The molecule has 1 unspecified atom stereocenters. The van der Waals surface area contributed by atoms with E-state index in [1.807, 2.05) is 0 Å². The van der Waals surface area contributed by atoms with Crippen LogP contribution >= 0.6 is 24.8 Å². The van der Waals surface area contributed by atoms with Crippen LogP contribution in [0.4, 0.5) is 8.78 Å². The Morgan fingerprint density at radius 1 is 1.50 bits per heavy atom. The standard InChI is InChI=1S/C7H14F2N2O.2ClH/c1-11-3-2-6(12,5-11)7(8,9)4-10;;/h12H,2-5,10H2,1H3;2*1H. The third kappa shape index (κ3) is 2.90. The summed E-state index contributed by atoms with van der Waals surface area (Å²) < 4.78 is 26.0.